The molecule has 4 aromatic rings. The molecule has 0 N–H and O–H groups in total. The number of alkyl halides is 3. The summed E-state index contributed by atoms with van der Waals surface area (Å²) in [7, 11) is -2.75. The van der Waals surface area contributed by atoms with Crippen LogP contribution >= 0.6 is 22.9 Å². The van der Waals surface area contributed by atoms with Crippen molar-refractivity contribution in [3.8, 4) is 17.6 Å². The summed E-state index contributed by atoms with van der Waals surface area (Å²) in [6, 6.07) is 14.2. The van der Waals surface area contributed by atoms with Crippen molar-refractivity contribution in [2.45, 2.75) is 17.6 Å². The fraction of sp³-hybridized carbons (Fsp3) is 0.185. The van der Waals surface area contributed by atoms with Crippen LogP contribution in [0.3, 0.4) is 0 Å². The zero-order valence-electron chi connectivity index (χ0n) is 21.2. The van der Waals surface area contributed by atoms with Gasteiger partial charge in [-0.2, -0.15) is 18.4 Å². The van der Waals surface area contributed by atoms with Gasteiger partial charge in [0.1, 0.15) is 29.1 Å². The molecule has 0 fully saturated rings. The molecular weight excluding hydrogens is 601 g/mol. The molecule has 8 nitrogen and oxygen atoms in total. The molecule has 14 heteroatoms. The van der Waals surface area contributed by atoms with Gasteiger partial charge in [-0.05, 0) is 42.0 Å². The van der Waals surface area contributed by atoms with Crippen molar-refractivity contribution in [2.24, 2.45) is 0 Å². The van der Waals surface area contributed by atoms with E-state index in [1.165, 1.54) is 31.5 Å². The second-order valence-electron chi connectivity index (χ2n) is 8.77. The summed E-state index contributed by atoms with van der Waals surface area (Å²) < 4.78 is 79.8. The van der Waals surface area contributed by atoms with Crippen LogP contribution in [0.2, 0.25) is 5.02 Å². The van der Waals surface area contributed by atoms with Crippen molar-refractivity contribution < 1.29 is 31.1 Å². The Hall–Kier alpha value is -3.99. The first-order chi connectivity index (χ1) is 19.5. The normalized spacial score (nSPS) is 13.2. The smallest absolute Gasteiger partial charge is 0.416 e. The molecule has 0 spiro atoms. The lowest BCUT2D eigenvalue weighted by atomic mass is 10.1. The van der Waals surface area contributed by atoms with Gasteiger partial charge in [-0.15, -0.1) is 11.3 Å². The molecule has 1 aromatic heterocycles. The summed E-state index contributed by atoms with van der Waals surface area (Å²) in [5, 5.41) is 11.3. The number of sulfonamides is 1. The first-order valence-corrected chi connectivity index (χ1v) is 14.6. The molecule has 0 bridgehead atoms. The molecule has 0 saturated carbocycles. The van der Waals surface area contributed by atoms with Crippen LogP contribution in [0, 0.1) is 11.3 Å². The number of benzene rings is 3. The maximum atomic E-state index is 14.0. The van der Waals surface area contributed by atoms with Crippen LogP contribution in [0.25, 0.3) is 0 Å². The Balaban J connectivity index is 1.55. The van der Waals surface area contributed by atoms with Crippen LogP contribution in [0.1, 0.15) is 16.7 Å². The monoisotopic (exact) mass is 620 g/mol. The predicted molar refractivity (Wildman–Crippen MR) is 149 cm³/mol. The van der Waals surface area contributed by atoms with Gasteiger partial charge in [0.25, 0.3) is 10.0 Å². The van der Waals surface area contributed by atoms with E-state index in [2.05, 4.69) is 4.98 Å². The van der Waals surface area contributed by atoms with Crippen molar-refractivity contribution in [1.82, 2.24) is 4.98 Å². The second-order valence-corrected chi connectivity index (χ2v) is 11.9. The first-order valence-electron chi connectivity index (χ1n) is 11.9. The summed E-state index contributed by atoms with van der Waals surface area (Å²) in [5.74, 6) is 0.760. The van der Waals surface area contributed by atoms with E-state index in [1.54, 1.807) is 34.5 Å². The number of anilines is 3. The van der Waals surface area contributed by atoms with Crippen LogP contribution < -0.4 is 18.7 Å². The van der Waals surface area contributed by atoms with E-state index in [4.69, 9.17) is 21.1 Å². The van der Waals surface area contributed by atoms with E-state index in [1.807, 2.05) is 6.07 Å². The van der Waals surface area contributed by atoms with Gasteiger partial charge in [-0.3, -0.25) is 0 Å². The summed E-state index contributed by atoms with van der Waals surface area (Å²) >= 11 is 7.71. The number of rotatable bonds is 7. The Bertz CT molecular complexity index is 1730. The number of halogens is 4. The zero-order valence-corrected chi connectivity index (χ0v) is 23.6. The number of thiazole rings is 1. The van der Waals surface area contributed by atoms with E-state index in [0.717, 1.165) is 27.8 Å². The molecule has 0 atom stereocenters. The maximum Gasteiger partial charge on any atom is 0.416 e. The summed E-state index contributed by atoms with van der Waals surface area (Å²) in [4.78, 5) is 5.54. The third-order valence-corrected chi connectivity index (χ3v) is 9.41. The lowest BCUT2D eigenvalue weighted by Crippen LogP contribution is -2.32. The second kappa shape index (κ2) is 11.1. The molecule has 0 saturated heterocycles. The number of fused-ring (bicyclic) bond motifs is 1. The van der Waals surface area contributed by atoms with Gasteiger partial charge >= 0.3 is 6.18 Å². The summed E-state index contributed by atoms with van der Waals surface area (Å²) in [5.41, 5.74) is 0.0419. The SMILES string of the molecule is COc1ccc(CN(c2nccs2)S(=O)(=O)c2cc3c(cc2Cl)N(c2ccc(C(F)(F)F)cc2C#N)CCO3)cc1. The highest BCUT2D eigenvalue weighted by molar-refractivity contribution is 7.93. The molecule has 1 aliphatic heterocycles. The molecule has 0 unspecified atom stereocenters. The van der Waals surface area contributed by atoms with Crippen molar-refractivity contribution in [3.63, 3.8) is 0 Å². The van der Waals surface area contributed by atoms with Crippen molar-refractivity contribution in [3.05, 3.63) is 87.9 Å². The van der Waals surface area contributed by atoms with E-state index >= 15 is 0 Å². The Morgan fingerprint density at radius 1 is 1.17 bits per heavy atom. The Labute approximate surface area is 242 Å². The highest BCUT2D eigenvalue weighted by Gasteiger charge is 2.34. The van der Waals surface area contributed by atoms with Gasteiger partial charge < -0.3 is 14.4 Å². The van der Waals surface area contributed by atoms with Gasteiger partial charge in [0.05, 0.1) is 47.7 Å². The quantitative estimate of drug-likeness (QED) is 0.229. The van der Waals surface area contributed by atoms with Crippen LogP contribution in [-0.4, -0.2) is 33.7 Å². The van der Waals surface area contributed by atoms with Gasteiger partial charge in [-0.25, -0.2) is 17.7 Å². The Morgan fingerprint density at radius 3 is 2.56 bits per heavy atom. The Morgan fingerprint density at radius 2 is 1.93 bits per heavy atom. The van der Waals surface area contributed by atoms with Crippen LogP contribution in [0.15, 0.2) is 71.1 Å². The maximum absolute atomic E-state index is 14.0. The van der Waals surface area contributed by atoms with Crippen LogP contribution in [-0.2, 0) is 22.7 Å². The van der Waals surface area contributed by atoms with Gasteiger partial charge in [-0.1, -0.05) is 23.7 Å². The van der Waals surface area contributed by atoms with Crippen molar-refractivity contribution >= 4 is 49.5 Å². The van der Waals surface area contributed by atoms with Crippen LogP contribution in [0.4, 0.5) is 29.7 Å². The van der Waals surface area contributed by atoms with Gasteiger partial charge in [0, 0.05) is 17.6 Å². The minimum Gasteiger partial charge on any atom is -0.497 e. The van der Waals surface area contributed by atoms with E-state index in [-0.39, 0.29) is 51.7 Å². The number of nitrogens with zero attached hydrogens (tertiary/aromatic N) is 4. The zero-order chi connectivity index (χ0) is 29.4. The molecule has 0 aliphatic carbocycles. The number of aromatic nitrogens is 1. The van der Waals surface area contributed by atoms with E-state index in [0.29, 0.717) is 17.0 Å². The number of nitriles is 1. The number of methoxy groups -OCH3 is 1. The number of hydrogen-bond acceptors (Lipinski definition) is 8. The third-order valence-electron chi connectivity index (χ3n) is 6.30. The molecule has 41 heavy (non-hydrogen) atoms. The van der Waals surface area contributed by atoms with Gasteiger partial charge in [0.15, 0.2) is 5.13 Å². The summed E-state index contributed by atoms with van der Waals surface area (Å²) in [6.07, 6.45) is -3.13. The van der Waals surface area contributed by atoms with Crippen molar-refractivity contribution in [2.75, 3.05) is 29.5 Å². The average molecular weight is 621 g/mol. The number of ether oxygens (including phenoxy) is 2. The average Bonchev–Trinajstić information content (AvgIpc) is 3.49. The van der Waals surface area contributed by atoms with E-state index < -0.39 is 21.8 Å². The van der Waals surface area contributed by atoms with Crippen LogP contribution in [0.5, 0.6) is 11.5 Å². The highest BCUT2D eigenvalue weighted by Crippen LogP contribution is 2.44. The first kappa shape index (κ1) is 28.5. The molecule has 0 radical (unpaired) electrons. The number of hydrogen-bond donors (Lipinski definition) is 0. The highest BCUT2D eigenvalue weighted by atomic mass is 35.5. The Kier molecular flexibility index (Phi) is 7.74. The fourth-order valence-electron chi connectivity index (χ4n) is 4.31. The third kappa shape index (κ3) is 5.63. The van der Waals surface area contributed by atoms with E-state index in [9.17, 15) is 26.9 Å². The lowest BCUT2D eigenvalue weighted by Gasteiger charge is -2.33. The molecule has 0 amide bonds. The molecule has 1 aliphatic rings. The largest absolute Gasteiger partial charge is 0.497 e. The molecule has 212 valence electrons. The molecule has 5 rings (SSSR count). The summed E-state index contributed by atoms with van der Waals surface area (Å²) in [6.45, 7) is 0.234. The fourth-order valence-corrected chi connectivity index (χ4v) is 7.10. The minimum absolute atomic E-state index is 0.0443. The molecule has 2 heterocycles. The molecular formula is C27H20ClF3N4O4S2. The standard InChI is InChI=1S/C27H20ClF3N4O4S2/c1-38-20-5-2-17(3-6-20)16-35(26-33-8-11-40-26)41(36,37)25-14-24-23(13-21(25)28)34(9-10-39-24)22-7-4-19(27(29,30)31)12-18(22)15-32/h2-8,11-14H,9-10,16H2,1H3. The minimum atomic E-state index is -4.62. The van der Waals surface area contributed by atoms with Gasteiger partial charge in [0.2, 0.25) is 0 Å². The lowest BCUT2D eigenvalue weighted by molar-refractivity contribution is -0.137. The van der Waals surface area contributed by atoms with Crippen molar-refractivity contribution in [1.29, 1.82) is 5.26 Å². The topological polar surface area (TPSA) is 95.8 Å². The molecule has 3 aromatic carbocycles. The predicted octanol–water partition coefficient (Wildman–Crippen LogP) is 6.62.